The summed E-state index contributed by atoms with van der Waals surface area (Å²) in [5.41, 5.74) is 5.64. The summed E-state index contributed by atoms with van der Waals surface area (Å²) >= 11 is 0. The van der Waals surface area contributed by atoms with Crippen LogP contribution in [0.5, 0.6) is 0 Å². The molecule has 1 aliphatic carbocycles. The zero-order valence-corrected chi connectivity index (χ0v) is 9.04. The molecule has 2 N–H and O–H groups in total. The Morgan fingerprint density at radius 2 is 2.18 bits per heavy atom. The summed E-state index contributed by atoms with van der Waals surface area (Å²) in [6.45, 7) is 0. The van der Waals surface area contributed by atoms with Crippen molar-refractivity contribution in [3.8, 4) is 6.07 Å². The Morgan fingerprint density at radius 3 is 2.59 bits per heavy atom. The number of carbonyl (C=O) groups excluding carboxylic acids is 1. The second-order valence-corrected chi connectivity index (χ2v) is 4.20. The SMILES string of the molecule is N#CC(CC1CCC(N)C1)OC(=O)C(F)(F)F. The molecule has 1 aliphatic rings. The second-order valence-electron chi connectivity index (χ2n) is 4.20. The fourth-order valence-electron chi connectivity index (χ4n) is 1.95. The maximum atomic E-state index is 11.9. The van der Waals surface area contributed by atoms with Crippen molar-refractivity contribution < 1.29 is 22.7 Å². The van der Waals surface area contributed by atoms with Gasteiger partial charge in [-0.1, -0.05) is 0 Å². The average molecular weight is 250 g/mol. The molecule has 0 aromatic carbocycles. The fourth-order valence-corrected chi connectivity index (χ4v) is 1.95. The molecule has 0 aromatic rings. The summed E-state index contributed by atoms with van der Waals surface area (Å²) in [7, 11) is 0. The van der Waals surface area contributed by atoms with Crippen molar-refractivity contribution in [2.24, 2.45) is 11.7 Å². The normalized spacial score (nSPS) is 26.3. The van der Waals surface area contributed by atoms with E-state index in [1.54, 1.807) is 6.07 Å². The van der Waals surface area contributed by atoms with Gasteiger partial charge in [-0.15, -0.1) is 0 Å². The Morgan fingerprint density at radius 1 is 1.53 bits per heavy atom. The zero-order valence-electron chi connectivity index (χ0n) is 9.04. The first-order chi connectivity index (χ1) is 7.82. The molecule has 0 radical (unpaired) electrons. The van der Waals surface area contributed by atoms with Crippen molar-refractivity contribution in [1.29, 1.82) is 5.26 Å². The van der Waals surface area contributed by atoms with Crippen LogP contribution >= 0.6 is 0 Å². The standard InChI is InChI=1S/C10H13F3N2O2/c11-10(12,13)9(16)17-8(5-14)4-6-1-2-7(15)3-6/h6-8H,1-4,15H2. The molecule has 0 saturated heterocycles. The zero-order chi connectivity index (χ0) is 13.1. The monoisotopic (exact) mass is 250 g/mol. The van der Waals surface area contributed by atoms with Crippen LogP contribution in [0.4, 0.5) is 13.2 Å². The van der Waals surface area contributed by atoms with Crippen LogP contribution in [0.25, 0.3) is 0 Å². The number of ether oxygens (including phenoxy) is 1. The molecule has 7 heteroatoms. The van der Waals surface area contributed by atoms with Crippen molar-refractivity contribution >= 4 is 5.97 Å². The number of alkyl halides is 3. The number of esters is 1. The number of rotatable bonds is 3. The molecular formula is C10H13F3N2O2. The van der Waals surface area contributed by atoms with Gasteiger partial charge in [0.1, 0.15) is 6.07 Å². The Bertz CT molecular complexity index is 324. The minimum absolute atomic E-state index is 0.0256. The smallest absolute Gasteiger partial charge is 0.440 e. The van der Waals surface area contributed by atoms with Crippen LogP contribution in [0.15, 0.2) is 0 Å². The predicted molar refractivity (Wildman–Crippen MR) is 51.5 cm³/mol. The third-order valence-corrected chi connectivity index (χ3v) is 2.75. The average Bonchev–Trinajstić information content (AvgIpc) is 2.61. The maximum Gasteiger partial charge on any atom is 0.490 e. The number of carbonyl (C=O) groups is 1. The largest absolute Gasteiger partial charge is 0.490 e. The van der Waals surface area contributed by atoms with Gasteiger partial charge in [0.05, 0.1) is 0 Å². The minimum Gasteiger partial charge on any atom is -0.440 e. The molecule has 1 saturated carbocycles. The van der Waals surface area contributed by atoms with E-state index in [0.29, 0.717) is 6.42 Å². The lowest BCUT2D eigenvalue weighted by Crippen LogP contribution is -2.30. The first kappa shape index (κ1) is 13.8. The summed E-state index contributed by atoms with van der Waals surface area (Å²) < 4.78 is 39.8. The van der Waals surface area contributed by atoms with Crippen molar-refractivity contribution in [2.45, 2.75) is 44.0 Å². The molecule has 3 unspecified atom stereocenters. The van der Waals surface area contributed by atoms with Crippen LogP contribution in [0.2, 0.25) is 0 Å². The molecule has 1 rings (SSSR count). The summed E-state index contributed by atoms with van der Waals surface area (Å²) in [5.74, 6) is -2.26. The molecule has 17 heavy (non-hydrogen) atoms. The number of halogens is 3. The van der Waals surface area contributed by atoms with Gasteiger partial charge in [0, 0.05) is 12.5 Å². The summed E-state index contributed by atoms with van der Waals surface area (Å²) in [5, 5.41) is 8.64. The number of nitrogens with zero attached hydrogens (tertiary/aromatic N) is 1. The molecule has 0 bridgehead atoms. The Balaban J connectivity index is 2.45. The molecule has 0 spiro atoms. The van der Waals surface area contributed by atoms with Gasteiger partial charge in [0.2, 0.25) is 0 Å². The Hall–Kier alpha value is -1.29. The topological polar surface area (TPSA) is 76.1 Å². The molecule has 1 fully saturated rings. The van der Waals surface area contributed by atoms with Gasteiger partial charge in [-0.2, -0.15) is 18.4 Å². The first-order valence-corrected chi connectivity index (χ1v) is 5.26. The molecule has 3 atom stereocenters. The van der Waals surface area contributed by atoms with Crippen LogP contribution < -0.4 is 5.73 Å². The summed E-state index contributed by atoms with van der Waals surface area (Å²) in [6, 6.07) is 1.59. The van der Waals surface area contributed by atoms with Gasteiger partial charge in [0.25, 0.3) is 0 Å². The van der Waals surface area contributed by atoms with Crippen LogP contribution in [-0.2, 0) is 9.53 Å². The van der Waals surface area contributed by atoms with E-state index in [-0.39, 0.29) is 18.4 Å². The van der Waals surface area contributed by atoms with Gasteiger partial charge >= 0.3 is 12.1 Å². The van der Waals surface area contributed by atoms with Gasteiger partial charge in [-0.05, 0) is 25.2 Å². The highest BCUT2D eigenvalue weighted by atomic mass is 19.4. The highest BCUT2D eigenvalue weighted by Crippen LogP contribution is 2.29. The highest BCUT2D eigenvalue weighted by Gasteiger charge is 2.42. The lowest BCUT2D eigenvalue weighted by atomic mass is 10.0. The van der Waals surface area contributed by atoms with Crippen molar-refractivity contribution in [2.75, 3.05) is 0 Å². The van der Waals surface area contributed by atoms with Gasteiger partial charge in [0.15, 0.2) is 6.10 Å². The Labute approximate surface area is 96.5 Å². The van der Waals surface area contributed by atoms with Gasteiger partial charge in [-0.25, -0.2) is 4.79 Å². The quantitative estimate of drug-likeness (QED) is 0.770. The van der Waals surface area contributed by atoms with E-state index in [1.165, 1.54) is 0 Å². The predicted octanol–water partition coefficient (Wildman–Crippen LogP) is 1.50. The van der Waals surface area contributed by atoms with E-state index >= 15 is 0 Å². The summed E-state index contributed by atoms with van der Waals surface area (Å²) in [4.78, 5) is 10.5. The van der Waals surface area contributed by atoms with Crippen LogP contribution in [0, 0.1) is 17.2 Å². The molecule has 96 valence electrons. The lowest BCUT2D eigenvalue weighted by Gasteiger charge is -2.15. The van der Waals surface area contributed by atoms with Crippen LogP contribution in [0.3, 0.4) is 0 Å². The molecule has 0 amide bonds. The number of hydrogen-bond acceptors (Lipinski definition) is 4. The third kappa shape index (κ3) is 4.23. The van der Waals surface area contributed by atoms with E-state index in [9.17, 15) is 18.0 Å². The van der Waals surface area contributed by atoms with Gasteiger partial charge in [-0.3, -0.25) is 0 Å². The Kier molecular flexibility index (Phi) is 4.34. The summed E-state index contributed by atoms with van der Waals surface area (Å²) in [6.07, 6.45) is -4.09. The molecule has 4 nitrogen and oxygen atoms in total. The van der Waals surface area contributed by atoms with E-state index in [2.05, 4.69) is 4.74 Å². The number of nitriles is 1. The lowest BCUT2D eigenvalue weighted by molar-refractivity contribution is -0.203. The van der Waals surface area contributed by atoms with Crippen molar-refractivity contribution in [3.05, 3.63) is 0 Å². The van der Waals surface area contributed by atoms with Crippen molar-refractivity contribution in [1.82, 2.24) is 0 Å². The van der Waals surface area contributed by atoms with E-state index in [0.717, 1.165) is 12.8 Å². The van der Waals surface area contributed by atoms with Crippen LogP contribution in [-0.4, -0.2) is 24.3 Å². The number of hydrogen-bond donors (Lipinski definition) is 1. The maximum absolute atomic E-state index is 11.9. The molecule has 0 aromatic heterocycles. The fraction of sp³-hybridized carbons (Fsp3) is 0.800. The van der Waals surface area contributed by atoms with Crippen molar-refractivity contribution in [3.63, 3.8) is 0 Å². The first-order valence-electron chi connectivity index (χ1n) is 5.26. The number of nitrogens with two attached hydrogens (primary N) is 1. The van der Waals surface area contributed by atoms with Crippen LogP contribution in [0.1, 0.15) is 25.7 Å². The minimum atomic E-state index is -5.05. The van der Waals surface area contributed by atoms with E-state index < -0.39 is 18.2 Å². The van der Waals surface area contributed by atoms with E-state index in [4.69, 9.17) is 11.0 Å². The molecule has 0 heterocycles. The van der Waals surface area contributed by atoms with Gasteiger partial charge < -0.3 is 10.5 Å². The molecule has 0 aliphatic heterocycles. The highest BCUT2D eigenvalue weighted by molar-refractivity contribution is 5.75. The third-order valence-electron chi connectivity index (χ3n) is 2.75. The molecular weight excluding hydrogens is 237 g/mol. The van der Waals surface area contributed by atoms with E-state index in [1.807, 2.05) is 0 Å². The second kappa shape index (κ2) is 5.36.